The van der Waals surface area contributed by atoms with E-state index in [1.807, 2.05) is 13.8 Å². The topological polar surface area (TPSA) is 39.2 Å². The fourth-order valence-corrected chi connectivity index (χ4v) is 1.85. The molecule has 3 nitrogen and oxygen atoms in total. The molecular formula is C11H13NO2S. The summed E-state index contributed by atoms with van der Waals surface area (Å²) in [6.45, 7) is 6.04. The van der Waals surface area contributed by atoms with Crippen molar-refractivity contribution >= 4 is 17.3 Å². The van der Waals surface area contributed by atoms with Gasteiger partial charge in [-0.1, -0.05) is 11.8 Å². The number of aryl methyl sites for hydroxylation is 2. The number of carbonyl (C=O) groups excluding carboxylic acids is 1. The van der Waals surface area contributed by atoms with Crippen LogP contribution in [0.4, 0.5) is 0 Å². The van der Waals surface area contributed by atoms with Crippen molar-refractivity contribution in [3.63, 3.8) is 0 Å². The van der Waals surface area contributed by atoms with Crippen molar-refractivity contribution < 1.29 is 9.53 Å². The molecule has 80 valence electrons. The molecule has 1 aromatic rings. The summed E-state index contributed by atoms with van der Waals surface area (Å²) in [6.07, 6.45) is 0.143. The van der Waals surface area contributed by atoms with Crippen molar-refractivity contribution in [1.29, 1.82) is 0 Å². The minimum atomic E-state index is -0.274. The van der Waals surface area contributed by atoms with Crippen LogP contribution in [0, 0.1) is 25.7 Å². The number of nitrogens with zero attached hydrogens (tertiary/aromatic N) is 1. The maximum Gasteiger partial charge on any atom is 0.317 e. The number of rotatable bonds is 2. The Labute approximate surface area is 93.5 Å². The van der Waals surface area contributed by atoms with Crippen LogP contribution in [0.5, 0.6) is 0 Å². The summed E-state index contributed by atoms with van der Waals surface area (Å²) < 4.78 is 4.76. The van der Waals surface area contributed by atoms with Gasteiger partial charge < -0.3 is 4.74 Å². The zero-order chi connectivity index (χ0) is 11.3. The molecule has 1 rings (SSSR count). The molecule has 4 heteroatoms. The Balaban J connectivity index is 2.58. The Morgan fingerprint density at radius 2 is 2.27 bits per heavy atom. The Morgan fingerprint density at radius 3 is 2.80 bits per heavy atom. The standard InChI is InChI=1S/C11H13NO2S/c1-4-14-11(13)7-5-6-10-8(2)12-9(3)15-10/h4,7H2,1-3H3. The molecule has 0 aromatic carbocycles. The maximum absolute atomic E-state index is 11.0. The fourth-order valence-electron chi connectivity index (χ4n) is 1.06. The van der Waals surface area contributed by atoms with Gasteiger partial charge in [0.1, 0.15) is 6.42 Å². The van der Waals surface area contributed by atoms with E-state index in [4.69, 9.17) is 4.74 Å². The van der Waals surface area contributed by atoms with E-state index >= 15 is 0 Å². The fraction of sp³-hybridized carbons (Fsp3) is 0.455. The number of hydrogen-bond acceptors (Lipinski definition) is 4. The molecule has 1 aromatic heterocycles. The monoisotopic (exact) mass is 223 g/mol. The van der Waals surface area contributed by atoms with Crippen LogP contribution in [0.25, 0.3) is 0 Å². The molecule has 0 spiro atoms. The van der Waals surface area contributed by atoms with Crippen LogP contribution in [-0.4, -0.2) is 17.6 Å². The van der Waals surface area contributed by atoms with Crippen LogP contribution in [0.1, 0.15) is 28.9 Å². The van der Waals surface area contributed by atoms with E-state index < -0.39 is 0 Å². The molecule has 0 aliphatic carbocycles. The molecule has 0 radical (unpaired) electrons. The van der Waals surface area contributed by atoms with E-state index in [2.05, 4.69) is 16.8 Å². The molecule has 0 aliphatic heterocycles. The van der Waals surface area contributed by atoms with E-state index in [1.54, 1.807) is 18.3 Å². The molecule has 0 atom stereocenters. The maximum atomic E-state index is 11.0. The summed E-state index contributed by atoms with van der Waals surface area (Å²) in [4.78, 5) is 16.2. The third-order valence-corrected chi connectivity index (χ3v) is 2.63. The van der Waals surface area contributed by atoms with E-state index in [-0.39, 0.29) is 12.4 Å². The van der Waals surface area contributed by atoms with Gasteiger partial charge >= 0.3 is 5.97 Å². The van der Waals surface area contributed by atoms with Crippen molar-refractivity contribution in [3.8, 4) is 11.8 Å². The predicted octanol–water partition coefficient (Wildman–Crippen LogP) is 2.06. The lowest BCUT2D eigenvalue weighted by Crippen LogP contribution is -2.01. The van der Waals surface area contributed by atoms with Crippen molar-refractivity contribution in [2.45, 2.75) is 27.2 Å². The summed E-state index contributed by atoms with van der Waals surface area (Å²) in [6, 6.07) is 0. The molecule has 0 unspecified atom stereocenters. The van der Waals surface area contributed by atoms with E-state index in [9.17, 15) is 4.79 Å². The second-order valence-electron chi connectivity index (χ2n) is 2.93. The molecule has 0 saturated carbocycles. The van der Waals surface area contributed by atoms with Gasteiger partial charge in [-0.25, -0.2) is 4.98 Å². The number of carbonyl (C=O) groups is 1. The van der Waals surface area contributed by atoms with Crippen molar-refractivity contribution in [1.82, 2.24) is 4.98 Å². The Hall–Kier alpha value is -1.34. The molecule has 0 fully saturated rings. The van der Waals surface area contributed by atoms with Gasteiger partial charge in [-0.2, -0.15) is 0 Å². The zero-order valence-electron chi connectivity index (χ0n) is 9.09. The highest BCUT2D eigenvalue weighted by molar-refractivity contribution is 7.12. The summed E-state index contributed by atoms with van der Waals surface area (Å²) in [5.74, 6) is 5.44. The van der Waals surface area contributed by atoms with Crippen LogP contribution in [-0.2, 0) is 9.53 Å². The summed E-state index contributed by atoms with van der Waals surface area (Å²) in [5, 5.41) is 0.993. The second kappa shape index (κ2) is 5.52. The normalized spacial score (nSPS) is 9.27. The molecule has 15 heavy (non-hydrogen) atoms. The van der Waals surface area contributed by atoms with Crippen LogP contribution in [0.2, 0.25) is 0 Å². The minimum absolute atomic E-state index is 0.143. The average molecular weight is 223 g/mol. The molecule has 0 aliphatic rings. The molecule has 0 saturated heterocycles. The number of ether oxygens (including phenoxy) is 1. The summed E-state index contributed by atoms with van der Waals surface area (Å²) in [5.41, 5.74) is 0.925. The first-order chi connectivity index (χ1) is 7.13. The first-order valence-electron chi connectivity index (χ1n) is 4.72. The molecule has 0 bridgehead atoms. The van der Waals surface area contributed by atoms with Crippen LogP contribution < -0.4 is 0 Å². The highest BCUT2D eigenvalue weighted by Gasteiger charge is 2.01. The van der Waals surface area contributed by atoms with Gasteiger partial charge in [-0.15, -0.1) is 11.3 Å². The first kappa shape index (κ1) is 11.7. The molecular weight excluding hydrogens is 210 g/mol. The highest BCUT2D eigenvalue weighted by atomic mass is 32.1. The van der Waals surface area contributed by atoms with Crippen LogP contribution >= 0.6 is 11.3 Å². The number of aromatic nitrogens is 1. The lowest BCUT2D eigenvalue weighted by atomic mass is 10.3. The smallest absolute Gasteiger partial charge is 0.317 e. The second-order valence-corrected chi connectivity index (χ2v) is 4.13. The average Bonchev–Trinajstić information content (AvgIpc) is 2.46. The van der Waals surface area contributed by atoms with Crippen molar-refractivity contribution in [2.75, 3.05) is 6.61 Å². The van der Waals surface area contributed by atoms with Gasteiger partial charge in [-0.3, -0.25) is 4.79 Å². The molecule has 1 heterocycles. The Morgan fingerprint density at radius 1 is 1.53 bits per heavy atom. The first-order valence-corrected chi connectivity index (χ1v) is 5.53. The van der Waals surface area contributed by atoms with Crippen LogP contribution in [0.3, 0.4) is 0 Å². The number of hydrogen-bond donors (Lipinski definition) is 0. The Bertz CT molecular complexity index is 412. The SMILES string of the molecule is CCOC(=O)CC#Cc1sc(C)nc1C. The Kier molecular flexibility index (Phi) is 4.32. The van der Waals surface area contributed by atoms with Gasteiger partial charge in [0.15, 0.2) is 0 Å². The molecule has 0 N–H and O–H groups in total. The van der Waals surface area contributed by atoms with Gasteiger partial charge in [0, 0.05) is 0 Å². The lowest BCUT2D eigenvalue weighted by Gasteiger charge is -1.94. The minimum Gasteiger partial charge on any atom is -0.465 e. The lowest BCUT2D eigenvalue weighted by molar-refractivity contribution is -0.141. The third kappa shape index (κ3) is 3.72. The van der Waals surface area contributed by atoms with Gasteiger partial charge in [-0.05, 0) is 20.8 Å². The van der Waals surface area contributed by atoms with Crippen molar-refractivity contribution in [2.24, 2.45) is 0 Å². The zero-order valence-corrected chi connectivity index (χ0v) is 9.90. The van der Waals surface area contributed by atoms with Gasteiger partial charge in [0.2, 0.25) is 0 Å². The predicted molar refractivity (Wildman–Crippen MR) is 59.7 cm³/mol. The van der Waals surface area contributed by atoms with E-state index in [0.717, 1.165) is 15.6 Å². The largest absolute Gasteiger partial charge is 0.465 e. The number of esters is 1. The highest BCUT2D eigenvalue weighted by Crippen LogP contribution is 2.15. The third-order valence-electron chi connectivity index (χ3n) is 1.64. The quantitative estimate of drug-likeness (QED) is 0.569. The van der Waals surface area contributed by atoms with E-state index in [0.29, 0.717) is 6.61 Å². The number of thiazole rings is 1. The molecule has 0 amide bonds. The van der Waals surface area contributed by atoms with Crippen molar-refractivity contribution in [3.05, 3.63) is 15.6 Å². The van der Waals surface area contributed by atoms with Gasteiger partial charge in [0.25, 0.3) is 0 Å². The van der Waals surface area contributed by atoms with Gasteiger partial charge in [0.05, 0.1) is 22.2 Å². The van der Waals surface area contributed by atoms with Crippen LogP contribution in [0.15, 0.2) is 0 Å². The van der Waals surface area contributed by atoms with E-state index in [1.165, 1.54) is 0 Å². The summed E-state index contributed by atoms with van der Waals surface area (Å²) in [7, 11) is 0. The summed E-state index contributed by atoms with van der Waals surface area (Å²) >= 11 is 1.54.